The highest BCUT2D eigenvalue weighted by molar-refractivity contribution is 6.75. The van der Waals surface area contributed by atoms with Crippen molar-refractivity contribution >= 4 is 20.3 Å². The molecular formula is C31H46O8Si. The summed E-state index contributed by atoms with van der Waals surface area (Å²) in [5.41, 5.74) is -1.59. The first-order valence-electron chi connectivity index (χ1n) is 15.4. The fourth-order valence-electron chi connectivity index (χ4n) is 9.89. The van der Waals surface area contributed by atoms with E-state index in [4.69, 9.17) is 23.4 Å². The first-order valence-corrected chi connectivity index (χ1v) is 17.8. The Bertz CT molecular complexity index is 1100. The van der Waals surface area contributed by atoms with Gasteiger partial charge in [0.25, 0.3) is 0 Å². The molecule has 0 aromatic carbocycles. The minimum Gasteiger partial charge on any atom is -0.481 e. The van der Waals surface area contributed by atoms with Gasteiger partial charge in [0.05, 0.1) is 18.6 Å². The maximum Gasteiger partial charge on any atom is 0.315 e. The molecule has 9 heteroatoms. The van der Waals surface area contributed by atoms with Gasteiger partial charge in [0, 0.05) is 30.8 Å². The predicted octanol–water partition coefficient (Wildman–Crippen LogP) is 5.44. The van der Waals surface area contributed by atoms with Crippen LogP contribution >= 0.6 is 0 Å². The Balaban J connectivity index is 1.46. The number of cyclic esters (lactones) is 1. The van der Waals surface area contributed by atoms with Gasteiger partial charge < -0.3 is 28.5 Å². The Morgan fingerprint density at radius 2 is 2.00 bits per heavy atom. The number of methoxy groups -OCH3 is 1. The highest BCUT2D eigenvalue weighted by atomic mass is 28.4. The van der Waals surface area contributed by atoms with E-state index in [2.05, 4.69) is 40.3 Å². The number of fused-ring (bicyclic) bond motifs is 4. The molecule has 1 N–H and O–H groups in total. The summed E-state index contributed by atoms with van der Waals surface area (Å²) >= 11 is 0. The summed E-state index contributed by atoms with van der Waals surface area (Å²) in [5, 5.41) is 11.1. The topological polar surface area (TPSA) is 101 Å². The number of ether oxygens (including phenoxy) is 4. The molecule has 2 saturated carbocycles. The molecule has 40 heavy (non-hydrogen) atoms. The van der Waals surface area contributed by atoms with Crippen LogP contribution in [-0.4, -0.2) is 63.4 Å². The molecular weight excluding hydrogens is 528 g/mol. The van der Waals surface area contributed by atoms with Crippen LogP contribution in [0.2, 0.25) is 17.6 Å². The summed E-state index contributed by atoms with van der Waals surface area (Å²) in [6.45, 7) is 13.8. The van der Waals surface area contributed by atoms with Gasteiger partial charge in [-0.25, -0.2) is 0 Å². The Morgan fingerprint density at radius 1 is 1.25 bits per heavy atom. The number of carbonyl (C=O) groups excluding carboxylic acids is 1. The van der Waals surface area contributed by atoms with Gasteiger partial charge in [0.1, 0.15) is 11.0 Å². The highest BCUT2D eigenvalue weighted by Gasteiger charge is 2.75. The molecule has 3 saturated heterocycles. The smallest absolute Gasteiger partial charge is 0.315 e. The van der Waals surface area contributed by atoms with Crippen molar-refractivity contribution in [1.29, 1.82) is 0 Å². The van der Waals surface area contributed by atoms with Gasteiger partial charge in [0.2, 0.25) is 0 Å². The fraction of sp³-hybridized carbons (Fsp3) is 0.806. The molecule has 222 valence electrons. The second-order valence-electron chi connectivity index (χ2n) is 13.6. The van der Waals surface area contributed by atoms with Crippen molar-refractivity contribution < 1.29 is 38.1 Å². The Labute approximate surface area is 238 Å². The number of hydrogen-bond acceptors (Lipinski definition) is 7. The van der Waals surface area contributed by atoms with Crippen molar-refractivity contribution in [3.05, 3.63) is 24.3 Å². The number of carboxylic acid groups (broad SMARTS) is 1. The fourth-order valence-corrected chi connectivity index (χ4v) is 13.6. The number of carboxylic acids is 1. The number of allylic oxidation sites excluding steroid dienone is 1. The molecule has 3 heterocycles. The zero-order valence-electron chi connectivity index (χ0n) is 24.6. The van der Waals surface area contributed by atoms with E-state index < -0.39 is 67.2 Å². The molecule has 3 aliphatic heterocycles. The van der Waals surface area contributed by atoms with Crippen LogP contribution < -0.4 is 0 Å². The van der Waals surface area contributed by atoms with E-state index in [0.717, 1.165) is 43.3 Å². The van der Waals surface area contributed by atoms with Gasteiger partial charge >= 0.3 is 11.9 Å². The largest absolute Gasteiger partial charge is 0.481 e. The Kier molecular flexibility index (Phi) is 6.98. The normalized spacial score (nSPS) is 45.8. The average molecular weight is 575 g/mol. The lowest BCUT2D eigenvalue weighted by molar-refractivity contribution is -0.270. The first kappa shape index (κ1) is 28.6. The summed E-state index contributed by atoms with van der Waals surface area (Å²) in [7, 11) is -0.599. The zero-order valence-corrected chi connectivity index (χ0v) is 25.6. The molecule has 8 nitrogen and oxygen atoms in total. The molecule has 1 unspecified atom stereocenters. The lowest BCUT2D eigenvalue weighted by Crippen LogP contribution is -2.60. The van der Waals surface area contributed by atoms with Crippen molar-refractivity contribution in [3.8, 4) is 0 Å². The maximum atomic E-state index is 13.6. The monoisotopic (exact) mass is 574 g/mol. The average Bonchev–Trinajstić information content (AvgIpc) is 3.58. The molecule has 0 aromatic rings. The van der Waals surface area contributed by atoms with E-state index >= 15 is 0 Å². The number of hydrogen-bond donors (Lipinski definition) is 1. The van der Waals surface area contributed by atoms with E-state index in [-0.39, 0.29) is 11.8 Å². The van der Waals surface area contributed by atoms with Gasteiger partial charge in [-0.3, -0.25) is 9.59 Å². The van der Waals surface area contributed by atoms with E-state index in [1.807, 2.05) is 6.08 Å². The van der Waals surface area contributed by atoms with Crippen LogP contribution in [0.4, 0.5) is 0 Å². The third-order valence-corrected chi connectivity index (χ3v) is 17.3. The predicted molar refractivity (Wildman–Crippen MR) is 150 cm³/mol. The van der Waals surface area contributed by atoms with Crippen molar-refractivity contribution in [2.75, 3.05) is 13.7 Å². The maximum absolute atomic E-state index is 13.6. The number of rotatable bonds is 8. The van der Waals surface area contributed by atoms with Crippen LogP contribution in [-0.2, 0) is 33.0 Å². The molecule has 0 aromatic heterocycles. The third-order valence-electron chi connectivity index (χ3n) is 12.0. The van der Waals surface area contributed by atoms with Gasteiger partial charge in [-0.15, -0.1) is 0 Å². The minimum atomic E-state index is -2.23. The molecule has 0 radical (unpaired) electrons. The molecule has 3 aliphatic carbocycles. The van der Waals surface area contributed by atoms with Crippen LogP contribution in [0.3, 0.4) is 0 Å². The number of carbonyl (C=O) groups is 2. The van der Waals surface area contributed by atoms with Crippen LogP contribution in [0.25, 0.3) is 0 Å². The number of esters is 1. The van der Waals surface area contributed by atoms with Gasteiger partial charge in [-0.05, 0) is 42.8 Å². The minimum absolute atomic E-state index is 0.145. The second kappa shape index (κ2) is 9.76. The SMILES string of the molecule is C=C1[C@H]2C[C@H](O[C@@H]3OC(OC)C[C@@]32O[Si](CC)(CC)C(C)C)[C@H]1[C@]1(C(=O)O)C=C[C@H]2CCCC[C@@]23COC(=O)[C@H]31. The summed E-state index contributed by atoms with van der Waals surface area (Å²) in [6.07, 6.45) is 7.20. The van der Waals surface area contributed by atoms with E-state index in [0.29, 0.717) is 25.0 Å². The van der Waals surface area contributed by atoms with Crippen LogP contribution in [0.5, 0.6) is 0 Å². The van der Waals surface area contributed by atoms with E-state index in [1.54, 1.807) is 7.11 Å². The van der Waals surface area contributed by atoms with E-state index in [9.17, 15) is 14.7 Å². The lowest BCUT2D eigenvalue weighted by atomic mass is 9.47. The lowest BCUT2D eigenvalue weighted by Gasteiger charge is -2.52. The van der Waals surface area contributed by atoms with Crippen LogP contribution in [0.1, 0.15) is 66.2 Å². The molecule has 6 rings (SSSR count). The quantitative estimate of drug-likeness (QED) is 0.233. The Hall–Kier alpha value is -1.52. The van der Waals surface area contributed by atoms with Crippen molar-refractivity contribution in [3.63, 3.8) is 0 Å². The number of aliphatic carboxylic acids is 1. The highest BCUT2D eigenvalue weighted by Crippen LogP contribution is 2.68. The molecule has 2 bridgehead atoms. The Morgan fingerprint density at radius 3 is 2.65 bits per heavy atom. The second-order valence-corrected chi connectivity index (χ2v) is 18.5. The standard InChI is InChI=1S/C31H46O8Si/c1-7-40(8-2,18(3)4)39-31-16-23(35-6)38-28(31)37-22-15-21(31)19(5)24(22)30(27(33)34)14-12-20-11-9-10-13-29(20)17-36-26(32)25(29)30/h12,14,18,20-25,28H,5,7-11,13,15-17H2,1-4,6H3,(H,33,34)/t20-,21-,22+,23?,24+,25-,28-,29-,30-,31+/m1/s1. The van der Waals surface area contributed by atoms with Gasteiger partial charge in [-0.2, -0.15) is 0 Å². The summed E-state index contributed by atoms with van der Waals surface area (Å²) in [5.74, 6) is -2.76. The van der Waals surface area contributed by atoms with Crippen LogP contribution in [0, 0.1) is 34.5 Å². The van der Waals surface area contributed by atoms with Gasteiger partial charge in [-0.1, -0.05) is 64.8 Å². The molecule has 0 amide bonds. The molecule has 1 spiro atoms. The zero-order chi connectivity index (χ0) is 28.7. The molecule has 5 fully saturated rings. The van der Waals surface area contributed by atoms with Gasteiger partial charge in [0.15, 0.2) is 20.9 Å². The van der Waals surface area contributed by atoms with Crippen molar-refractivity contribution in [2.24, 2.45) is 34.5 Å². The summed E-state index contributed by atoms with van der Waals surface area (Å²) in [6, 6.07) is 1.91. The third kappa shape index (κ3) is 3.57. The van der Waals surface area contributed by atoms with E-state index in [1.165, 1.54) is 0 Å². The van der Waals surface area contributed by atoms with Crippen molar-refractivity contribution in [1.82, 2.24) is 0 Å². The van der Waals surface area contributed by atoms with Crippen LogP contribution in [0.15, 0.2) is 24.3 Å². The molecule has 10 atom stereocenters. The summed E-state index contributed by atoms with van der Waals surface area (Å²) in [4.78, 5) is 27.1. The molecule has 6 aliphatic rings. The van der Waals surface area contributed by atoms with Crippen molar-refractivity contribution in [2.45, 2.75) is 108 Å². The summed E-state index contributed by atoms with van der Waals surface area (Å²) < 4.78 is 31.9. The first-order chi connectivity index (χ1) is 19.0.